The number of aryl methyl sites for hydroxylation is 1. The summed E-state index contributed by atoms with van der Waals surface area (Å²) in [5.41, 5.74) is 14.6. The highest BCUT2D eigenvalue weighted by Gasteiger charge is 2.41. The Balaban J connectivity index is 1.79. The number of hydrogen-bond donors (Lipinski definition) is 2. The van der Waals surface area contributed by atoms with E-state index < -0.39 is 5.41 Å². The van der Waals surface area contributed by atoms with Crippen LogP contribution in [0.5, 0.6) is 5.75 Å². The molecular weight excluding hydrogens is 502 g/mol. The molecule has 1 aromatic heterocycles. The highest BCUT2D eigenvalue weighted by atomic mass is 16.5. The van der Waals surface area contributed by atoms with Crippen LogP contribution in [0.4, 0.5) is 11.4 Å². The quantitative estimate of drug-likeness (QED) is 0.225. The molecular formula is C32H41N5O3. The molecule has 1 unspecified atom stereocenters. The lowest BCUT2D eigenvalue weighted by Crippen LogP contribution is -2.34. The third-order valence-corrected chi connectivity index (χ3v) is 8.16. The molecule has 4 rings (SSSR count). The number of anilines is 1. The van der Waals surface area contributed by atoms with Crippen molar-refractivity contribution in [2.45, 2.75) is 66.2 Å². The molecule has 1 aliphatic rings. The molecule has 0 spiro atoms. The van der Waals surface area contributed by atoms with Crippen molar-refractivity contribution in [1.82, 2.24) is 9.88 Å². The van der Waals surface area contributed by atoms with Crippen molar-refractivity contribution in [3.8, 4) is 5.75 Å². The van der Waals surface area contributed by atoms with E-state index >= 15 is 0 Å². The Kier molecular flexibility index (Phi) is 8.88. The summed E-state index contributed by atoms with van der Waals surface area (Å²) in [4.78, 5) is 19.9. The molecule has 2 atom stereocenters. The number of pyridine rings is 1. The summed E-state index contributed by atoms with van der Waals surface area (Å²) >= 11 is 0. The van der Waals surface area contributed by atoms with Crippen molar-refractivity contribution >= 4 is 17.3 Å². The molecule has 2 aromatic carbocycles. The maximum absolute atomic E-state index is 13.2. The first-order valence-electron chi connectivity index (χ1n) is 13.8. The van der Waals surface area contributed by atoms with Crippen molar-refractivity contribution in [2.24, 2.45) is 10.5 Å². The van der Waals surface area contributed by atoms with E-state index in [0.717, 1.165) is 59.7 Å². The number of nitrogens with one attached hydrogen (secondary N) is 2. The van der Waals surface area contributed by atoms with E-state index in [2.05, 4.69) is 52.4 Å². The zero-order valence-electron chi connectivity index (χ0n) is 24.7. The number of esters is 1. The van der Waals surface area contributed by atoms with Gasteiger partial charge in [-0.3, -0.25) is 14.7 Å². The van der Waals surface area contributed by atoms with Gasteiger partial charge in [0.25, 0.3) is 0 Å². The van der Waals surface area contributed by atoms with E-state index in [9.17, 15) is 4.79 Å². The molecule has 2 N–H and O–H groups in total. The Morgan fingerprint density at radius 1 is 1.27 bits per heavy atom. The number of aromatic nitrogens is 1. The Hall–Kier alpha value is -3.78. The van der Waals surface area contributed by atoms with Gasteiger partial charge in [-0.05, 0) is 74.1 Å². The number of ether oxygens (including phenoxy) is 2. The van der Waals surface area contributed by atoms with Gasteiger partial charge in [0, 0.05) is 50.6 Å². The van der Waals surface area contributed by atoms with Gasteiger partial charge in [0.15, 0.2) is 0 Å². The highest BCUT2D eigenvalue weighted by molar-refractivity contribution is 5.79. The first-order chi connectivity index (χ1) is 19.1. The summed E-state index contributed by atoms with van der Waals surface area (Å²) in [6.45, 7) is 12.4. The summed E-state index contributed by atoms with van der Waals surface area (Å²) in [6.07, 6.45) is 4.68. The van der Waals surface area contributed by atoms with E-state index in [1.54, 1.807) is 6.20 Å². The molecule has 0 saturated carbocycles. The summed E-state index contributed by atoms with van der Waals surface area (Å²) in [6, 6.07) is 12.4. The van der Waals surface area contributed by atoms with Crippen LogP contribution in [-0.4, -0.2) is 42.7 Å². The van der Waals surface area contributed by atoms with Gasteiger partial charge in [0.05, 0.1) is 18.2 Å². The van der Waals surface area contributed by atoms with Crippen LogP contribution in [0.3, 0.4) is 0 Å². The van der Waals surface area contributed by atoms with Crippen LogP contribution in [0, 0.1) is 24.8 Å². The number of carbonyl (C=O) groups is 1. The smallest absolute Gasteiger partial charge is 0.312 e. The number of nitrogens with zero attached hydrogens (tertiary/aromatic N) is 3. The van der Waals surface area contributed by atoms with Gasteiger partial charge in [0.1, 0.15) is 17.5 Å². The van der Waals surface area contributed by atoms with Crippen molar-refractivity contribution in [3.05, 3.63) is 82.2 Å². The molecule has 3 aromatic rings. The summed E-state index contributed by atoms with van der Waals surface area (Å²) < 4.78 is 11.6. The second-order valence-electron chi connectivity index (χ2n) is 11.2. The molecule has 2 heterocycles. The van der Waals surface area contributed by atoms with Gasteiger partial charge >= 0.3 is 5.97 Å². The maximum atomic E-state index is 13.2. The van der Waals surface area contributed by atoms with Crippen molar-refractivity contribution < 1.29 is 14.3 Å². The Labute approximate surface area is 237 Å². The lowest BCUT2D eigenvalue weighted by molar-refractivity contribution is -0.151. The minimum absolute atomic E-state index is 0.0959. The van der Waals surface area contributed by atoms with Crippen LogP contribution in [-0.2, 0) is 22.6 Å². The number of methoxy groups -OCH3 is 1. The van der Waals surface area contributed by atoms with Crippen LogP contribution in [0.1, 0.15) is 66.5 Å². The molecule has 0 saturated heterocycles. The monoisotopic (exact) mass is 543 g/mol. The maximum Gasteiger partial charge on any atom is 0.312 e. The average molecular weight is 544 g/mol. The minimum Gasteiger partial charge on any atom is -0.489 e. The van der Waals surface area contributed by atoms with Crippen LogP contribution >= 0.6 is 0 Å². The number of fused-ring (bicyclic) bond motifs is 1. The first-order valence-corrected chi connectivity index (χ1v) is 13.8. The standard InChI is InChI=1S/C32H41N5O3/c1-8-25-19-37(18-24-16-35-14-13-28(24)40-25)17-23-15-22(10-9-20(23)2)29(32(4,5)31(38)39-7)26-11-12-27(34-6)30(36-33)21(26)3/h9-16,25,29,33-34H,8,17-19H2,1-7H3/t25-,29?/m1/s1. The highest BCUT2D eigenvalue weighted by Crippen LogP contribution is 2.46. The number of hydrogen-bond acceptors (Lipinski definition) is 8. The molecule has 40 heavy (non-hydrogen) atoms. The van der Waals surface area contributed by atoms with Gasteiger partial charge < -0.3 is 14.8 Å². The average Bonchev–Trinajstić information content (AvgIpc) is 3.13. The second-order valence-corrected chi connectivity index (χ2v) is 11.2. The van der Waals surface area contributed by atoms with Crippen molar-refractivity contribution in [3.63, 3.8) is 0 Å². The molecule has 8 nitrogen and oxygen atoms in total. The predicted molar refractivity (Wildman–Crippen MR) is 157 cm³/mol. The van der Waals surface area contributed by atoms with E-state index in [4.69, 9.17) is 15.0 Å². The van der Waals surface area contributed by atoms with E-state index in [1.807, 2.05) is 52.2 Å². The lowest BCUT2D eigenvalue weighted by atomic mass is 9.69. The zero-order valence-corrected chi connectivity index (χ0v) is 24.7. The second kappa shape index (κ2) is 12.2. The van der Waals surface area contributed by atoms with Gasteiger partial charge in [0.2, 0.25) is 0 Å². The fourth-order valence-electron chi connectivity index (χ4n) is 5.81. The van der Waals surface area contributed by atoms with Gasteiger partial charge in [-0.1, -0.05) is 31.2 Å². The zero-order chi connectivity index (χ0) is 29.0. The predicted octanol–water partition coefficient (Wildman–Crippen LogP) is 6.91. The Morgan fingerprint density at radius 2 is 2.05 bits per heavy atom. The topological polar surface area (TPSA) is 99.9 Å². The first kappa shape index (κ1) is 29.2. The summed E-state index contributed by atoms with van der Waals surface area (Å²) in [5, 5.41) is 6.95. The van der Waals surface area contributed by atoms with E-state index in [0.29, 0.717) is 5.69 Å². The van der Waals surface area contributed by atoms with Crippen LogP contribution in [0.25, 0.3) is 0 Å². The van der Waals surface area contributed by atoms with E-state index in [1.165, 1.54) is 18.2 Å². The molecule has 1 aliphatic heterocycles. The normalized spacial score (nSPS) is 16.3. The molecule has 0 aliphatic carbocycles. The van der Waals surface area contributed by atoms with Crippen molar-refractivity contribution in [1.29, 1.82) is 5.53 Å². The lowest BCUT2D eigenvalue weighted by Gasteiger charge is -2.34. The summed E-state index contributed by atoms with van der Waals surface area (Å²) in [5.74, 6) is 0.304. The molecule has 0 fully saturated rings. The Bertz CT molecular complexity index is 1390. The third-order valence-electron chi connectivity index (χ3n) is 8.16. The van der Waals surface area contributed by atoms with Gasteiger partial charge in [-0.15, -0.1) is 0 Å². The fraction of sp³-hybridized carbons (Fsp3) is 0.438. The third kappa shape index (κ3) is 5.72. The largest absolute Gasteiger partial charge is 0.489 e. The number of carbonyl (C=O) groups excluding carboxylic acids is 1. The number of benzene rings is 2. The SMILES string of the molecule is CC[C@@H]1CN(Cc2cc(C(c3ccc(NC)c(N=N)c3C)C(C)(C)C(=O)OC)ccc2C)Cc2cnccc2O1. The van der Waals surface area contributed by atoms with Crippen LogP contribution in [0.15, 0.2) is 53.9 Å². The van der Waals surface area contributed by atoms with Gasteiger partial charge in [-0.2, -0.15) is 5.11 Å². The number of rotatable bonds is 9. The van der Waals surface area contributed by atoms with Crippen molar-refractivity contribution in [2.75, 3.05) is 26.0 Å². The van der Waals surface area contributed by atoms with E-state index in [-0.39, 0.29) is 18.0 Å². The minimum atomic E-state index is -0.874. The molecule has 212 valence electrons. The molecule has 8 heteroatoms. The van der Waals surface area contributed by atoms with Gasteiger partial charge in [-0.25, -0.2) is 5.53 Å². The molecule has 0 amide bonds. The molecule has 0 bridgehead atoms. The van der Waals surface area contributed by atoms with Crippen LogP contribution in [0.2, 0.25) is 0 Å². The molecule has 0 radical (unpaired) electrons. The van der Waals surface area contributed by atoms with Crippen LogP contribution < -0.4 is 10.1 Å². The Morgan fingerprint density at radius 3 is 2.73 bits per heavy atom. The fourth-order valence-corrected chi connectivity index (χ4v) is 5.81. The summed E-state index contributed by atoms with van der Waals surface area (Å²) in [7, 11) is 3.25.